The van der Waals surface area contributed by atoms with E-state index in [0.29, 0.717) is 6.42 Å². The normalized spacial score (nSPS) is 19.7. The number of rotatable bonds is 3. The van der Waals surface area contributed by atoms with Crippen molar-refractivity contribution in [3.8, 4) is 0 Å². The molecule has 1 aromatic heterocycles. The number of aromatic carboxylic acids is 1. The lowest BCUT2D eigenvalue weighted by atomic mass is 10.1. The van der Waals surface area contributed by atoms with Crippen molar-refractivity contribution in [3.05, 3.63) is 16.5 Å². The van der Waals surface area contributed by atoms with Crippen molar-refractivity contribution < 1.29 is 19.5 Å². The SMILES string of the molecule is CCc1cc(C(=O)O)c(N2C(=O)CC(C)C2=O)s1. The van der Waals surface area contributed by atoms with Crippen LogP contribution in [-0.2, 0) is 16.0 Å². The van der Waals surface area contributed by atoms with Crippen LogP contribution in [0.4, 0.5) is 5.00 Å². The minimum absolute atomic E-state index is 0.0349. The Hall–Kier alpha value is -1.69. The van der Waals surface area contributed by atoms with Gasteiger partial charge in [0.1, 0.15) is 5.00 Å². The largest absolute Gasteiger partial charge is 0.478 e. The molecule has 1 aromatic rings. The average molecular weight is 267 g/mol. The monoisotopic (exact) mass is 267 g/mol. The van der Waals surface area contributed by atoms with E-state index in [-0.39, 0.29) is 34.7 Å². The van der Waals surface area contributed by atoms with Crippen molar-refractivity contribution in [2.75, 3.05) is 4.90 Å². The maximum absolute atomic E-state index is 11.9. The van der Waals surface area contributed by atoms with Gasteiger partial charge in [0, 0.05) is 17.2 Å². The summed E-state index contributed by atoms with van der Waals surface area (Å²) in [5.74, 6) is -2.11. The Balaban J connectivity index is 2.50. The third kappa shape index (κ3) is 1.92. The van der Waals surface area contributed by atoms with E-state index in [4.69, 9.17) is 5.11 Å². The zero-order valence-corrected chi connectivity index (χ0v) is 10.9. The van der Waals surface area contributed by atoms with E-state index < -0.39 is 5.97 Å². The molecule has 1 unspecified atom stereocenters. The van der Waals surface area contributed by atoms with E-state index in [9.17, 15) is 14.4 Å². The zero-order valence-electron chi connectivity index (χ0n) is 10.1. The third-order valence-electron chi connectivity index (χ3n) is 2.92. The second-order valence-corrected chi connectivity index (χ2v) is 5.38. The molecule has 2 amide bonds. The number of carboxylic acid groups (broad SMARTS) is 1. The maximum atomic E-state index is 11.9. The first kappa shape index (κ1) is 12.8. The van der Waals surface area contributed by atoms with Gasteiger partial charge in [-0.1, -0.05) is 13.8 Å². The number of hydrogen-bond acceptors (Lipinski definition) is 4. The molecular formula is C12H13NO4S. The average Bonchev–Trinajstić information content (AvgIpc) is 2.82. The van der Waals surface area contributed by atoms with Crippen LogP contribution in [0.25, 0.3) is 0 Å². The molecule has 5 nitrogen and oxygen atoms in total. The summed E-state index contributed by atoms with van der Waals surface area (Å²) in [6.07, 6.45) is 0.827. The highest BCUT2D eigenvalue weighted by molar-refractivity contribution is 7.17. The standard InChI is InChI=1S/C12H13NO4S/c1-3-7-5-8(12(16)17)11(18-7)13-9(14)4-6(2)10(13)15/h5-6H,3-4H2,1-2H3,(H,16,17). The van der Waals surface area contributed by atoms with Crippen LogP contribution in [0.3, 0.4) is 0 Å². The van der Waals surface area contributed by atoms with Gasteiger partial charge in [-0.15, -0.1) is 11.3 Å². The Morgan fingerprint density at radius 3 is 2.67 bits per heavy atom. The number of nitrogens with zero attached hydrogens (tertiary/aromatic N) is 1. The van der Waals surface area contributed by atoms with Crippen LogP contribution in [0.15, 0.2) is 6.07 Å². The van der Waals surface area contributed by atoms with E-state index in [0.717, 1.165) is 9.78 Å². The first-order valence-corrected chi connectivity index (χ1v) is 6.50. The lowest BCUT2D eigenvalue weighted by Gasteiger charge is -2.12. The van der Waals surface area contributed by atoms with Crippen LogP contribution in [0.2, 0.25) is 0 Å². The number of carboxylic acids is 1. The summed E-state index contributed by atoms with van der Waals surface area (Å²) in [5.41, 5.74) is 0.0349. The van der Waals surface area contributed by atoms with Crippen LogP contribution >= 0.6 is 11.3 Å². The summed E-state index contributed by atoms with van der Waals surface area (Å²) >= 11 is 1.20. The number of imide groups is 1. The van der Waals surface area contributed by atoms with Gasteiger partial charge in [-0.2, -0.15) is 0 Å². The molecule has 0 spiro atoms. The van der Waals surface area contributed by atoms with E-state index in [1.165, 1.54) is 17.4 Å². The number of carbonyl (C=O) groups is 3. The molecule has 1 saturated heterocycles. The van der Waals surface area contributed by atoms with Crippen LogP contribution in [-0.4, -0.2) is 22.9 Å². The third-order valence-corrected chi connectivity index (χ3v) is 4.18. The first-order valence-electron chi connectivity index (χ1n) is 5.68. The van der Waals surface area contributed by atoms with Gasteiger partial charge in [-0.3, -0.25) is 9.59 Å². The number of carbonyl (C=O) groups excluding carboxylic acids is 2. The lowest BCUT2D eigenvalue weighted by molar-refractivity contribution is -0.122. The van der Waals surface area contributed by atoms with Crippen molar-refractivity contribution in [2.45, 2.75) is 26.7 Å². The molecule has 1 atom stereocenters. The van der Waals surface area contributed by atoms with Crippen LogP contribution < -0.4 is 4.90 Å². The topological polar surface area (TPSA) is 74.7 Å². The first-order chi connectivity index (χ1) is 8.45. The van der Waals surface area contributed by atoms with Gasteiger partial charge >= 0.3 is 5.97 Å². The van der Waals surface area contributed by atoms with Gasteiger partial charge in [0.2, 0.25) is 11.8 Å². The van der Waals surface area contributed by atoms with Crippen molar-refractivity contribution in [1.29, 1.82) is 0 Å². The van der Waals surface area contributed by atoms with Gasteiger partial charge in [0.15, 0.2) is 0 Å². The Labute approximate surface area is 108 Å². The minimum Gasteiger partial charge on any atom is -0.478 e. The molecule has 0 radical (unpaired) electrons. The number of thiophene rings is 1. The second kappa shape index (κ2) is 4.53. The molecule has 0 aliphatic carbocycles. The van der Waals surface area contributed by atoms with Crippen LogP contribution in [0, 0.1) is 5.92 Å². The molecular weight excluding hydrogens is 254 g/mol. The smallest absolute Gasteiger partial charge is 0.338 e. The zero-order chi connectivity index (χ0) is 13.4. The Morgan fingerprint density at radius 2 is 2.22 bits per heavy atom. The van der Waals surface area contributed by atoms with E-state index in [1.54, 1.807) is 6.92 Å². The van der Waals surface area contributed by atoms with Crippen molar-refractivity contribution in [3.63, 3.8) is 0 Å². The molecule has 0 aromatic carbocycles. The Morgan fingerprint density at radius 1 is 1.56 bits per heavy atom. The minimum atomic E-state index is -1.11. The summed E-state index contributed by atoms with van der Waals surface area (Å²) in [4.78, 5) is 36.7. The van der Waals surface area contributed by atoms with Gasteiger partial charge in [0.25, 0.3) is 0 Å². The van der Waals surface area contributed by atoms with Crippen molar-refractivity contribution in [1.82, 2.24) is 0 Å². The van der Waals surface area contributed by atoms with Gasteiger partial charge in [0.05, 0.1) is 5.56 Å². The molecule has 0 bridgehead atoms. The molecule has 1 aliphatic rings. The van der Waals surface area contributed by atoms with E-state index >= 15 is 0 Å². The molecule has 1 fully saturated rings. The Kier molecular flexibility index (Phi) is 3.21. The molecule has 2 heterocycles. The fraction of sp³-hybridized carbons (Fsp3) is 0.417. The summed E-state index contributed by atoms with van der Waals surface area (Å²) < 4.78 is 0. The highest BCUT2D eigenvalue weighted by Crippen LogP contribution is 2.36. The van der Waals surface area contributed by atoms with Crippen LogP contribution in [0.5, 0.6) is 0 Å². The summed E-state index contributed by atoms with van der Waals surface area (Å²) in [6, 6.07) is 1.53. The maximum Gasteiger partial charge on any atom is 0.338 e. The molecule has 18 heavy (non-hydrogen) atoms. The summed E-state index contributed by atoms with van der Waals surface area (Å²) in [5, 5.41) is 9.38. The van der Waals surface area contributed by atoms with Gasteiger partial charge < -0.3 is 5.11 Å². The van der Waals surface area contributed by atoms with Crippen LogP contribution in [0.1, 0.15) is 35.5 Å². The van der Waals surface area contributed by atoms with E-state index in [1.807, 2.05) is 6.92 Å². The summed E-state index contributed by atoms with van der Waals surface area (Å²) in [6.45, 7) is 3.58. The molecule has 96 valence electrons. The molecule has 0 saturated carbocycles. The van der Waals surface area contributed by atoms with Gasteiger partial charge in [-0.25, -0.2) is 9.69 Å². The molecule has 1 aliphatic heterocycles. The predicted octanol–water partition coefficient (Wildman–Crippen LogP) is 1.91. The number of amides is 2. The molecule has 2 rings (SSSR count). The van der Waals surface area contributed by atoms with Gasteiger partial charge in [-0.05, 0) is 12.5 Å². The fourth-order valence-electron chi connectivity index (χ4n) is 1.92. The Bertz CT molecular complexity index is 534. The van der Waals surface area contributed by atoms with Crippen molar-refractivity contribution in [2.24, 2.45) is 5.92 Å². The molecule has 1 N–H and O–H groups in total. The highest BCUT2D eigenvalue weighted by atomic mass is 32.1. The second-order valence-electron chi connectivity index (χ2n) is 4.26. The number of hydrogen-bond donors (Lipinski definition) is 1. The number of anilines is 1. The van der Waals surface area contributed by atoms with Crippen molar-refractivity contribution >= 4 is 34.1 Å². The van der Waals surface area contributed by atoms with E-state index in [2.05, 4.69) is 0 Å². The predicted molar refractivity (Wildman–Crippen MR) is 66.9 cm³/mol. The fourth-order valence-corrected chi connectivity index (χ4v) is 3.03. The summed E-state index contributed by atoms with van der Waals surface area (Å²) in [7, 11) is 0. The lowest BCUT2D eigenvalue weighted by Crippen LogP contribution is -2.30. The quantitative estimate of drug-likeness (QED) is 0.849. The highest BCUT2D eigenvalue weighted by Gasteiger charge is 2.39. The number of aryl methyl sites for hydroxylation is 1. The molecule has 6 heteroatoms.